The topological polar surface area (TPSA) is 33.2 Å². The van der Waals surface area contributed by atoms with E-state index in [-0.39, 0.29) is 5.92 Å². The Bertz CT molecular complexity index is 657. The standard InChI is InChI=1S/C20H24N2OS/c1-24-19-9-7-16(8-10-19)20(23)17-5-4-13-22(15-17)14-11-18-6-2-3-12-21-18/h2-3,6-10,12,17H,4-5,11,13-15H2,1H3. The predicted octanol–water partition coefficient (Wildman–Crippen LogP) is 3.94. The van der Waals surface area contributed by atoms with Crippen molar-refractivity contribution in [1.82, 2.24) is 9.88 Å². The van der Waals surface area contributed by atoms with Gasteiger partial charge in [-0.05, 0) is 49.9 Å². The van der Waals surface area contributed by atoms with Crippen LogP contribution < -0.4 is 0 Å². The largest absolute Gasteiger partial charge is 0.302 e. The van der Waals surface area contributed by atoms with Crippen LogP contribution >= 0.6 is 11.8 Å². The number of carbonyl (C=O) groups is 1. The molecule has 1 aromatic carbocycles. The van der Waals surface area contributed by atoms with Crippen molar-refractivity contribution in [1.29, 1.82) is 0 Å². The van der Waals surface area contributed by atoms with Crippen molar-refractivity contribution in [3.05, 3.63) is 59.9 Å². The van der Waals surface area contributed by atoms with Crippen molar-refractivity contribution >= 4 is 17.5 Å². The van der Waals surface area contributed by atoms with Gasteiger partial charge >= 0.3 is 0 Å². The lowest BCUT2D eigenvalue weighted by Crippen LogP contribution is -2.39. The summed E-state index contributed by atoms with van der Waals surface area (Å²) in [5, 5.41) is 0. The van der Waals surface area contributed by atoms with Crippen LogP contribution in [0.1, 0.15) is 28.9 Å². The number of aromatic nitrogens is 1. The summed E-state index contributed by atoms with van der Waals surface area (Å²) in [5.74, 6) is 0.424. The first-order valence-electron chi connectivity index (χ1n) is 8.57. The van der Waals surface area contributed by atoms with Gasteiger partial charge in [-0.2, -0.15) is 0 Å². The highest BCUT2D eigenvalue weighted by Crippen LogP contribution is 2.23. The van der Waals surface area contributed by atoms with Crippen molar-refractivity contribution in [2.24, 2.45) is 5.92 Å². The monoisotopic (exact) mass is 340 g/mol. The third-order valence-corrected chi connectivity index (χ3v) is 5.40. The maximum absolute atomic E-state index is 12.8. The van der Waals surface area contributed by atoms with Gasteiger partial charge in [0.05, 0.1) is 0 Å². The Labute approximate surface area is 148 Å². The van der Waals surface area contributed by atoms with Gasteiger partial charge in [0.15, 0.2) is 5.78 Å². The molecule has 2 aromatic rings. The number of likely N-dealkylation sites (tertiary alicyclic amines) is 1. The summed E-state index contributed by atoms with van der Waals surface area (Å²) in [7, 11) is 0. The van der Waals surface area contributed by atoms with E-state index < -0.39 is 0 Å². The van der Waals surface area contributed by atoms with Crippen LogP contribution in [-0.4, -0.2) is 41.6 Å². The van der Waals surface area contributed by atoms with Gasteiger partial charge in [-0.25, -0.2) is 0 Å². The van der Waals surface area contributed by atoms with Crippen LogP contribution in [0.4, 0.5) is 0 Å². The number of pyridine rings is 1. The summed E-state index contributed by atoms with van der Waals surface area (Å²) < 4.78 is 0. The molecule has 0 N–H and O–H groups in total. The summed E-state index contributed by atoms with van der Waals surface area (Å²) in [4.78, 5) is 20.8. The van der Waals surface area contributed by atoms with Crippen molar-refractivity contribution in [2.45, 2.75) is 24.2 Å². The minimum atomic E-state index is 0.127. The summed E-state index contributed by atoms with van der Waals surface area (Å²) in [6, 6.07) is 14.1. The Hall–Kier alpha value is -1.65. The van der Waals surface area contributed by atoms with Crippen molar-refractivity contribution < 1.29 is 4.79 Å². The quantitative estimate of drug-likeness (QED) is 0.589. The van der Waals surface area contributed by atoms with Crippen molar-refractivity contribution in [3.8, 4) is 0 Å². The molecule has 2 heterocycles. The van der Waals surface area contributed by atoms with Gasteiger partial charge in [-0.3, -0.25) is 9.78 Å². The lowest BCUT2D eigenvalue weighted by molar-refractivity contribution is 0.0821. The number of nitrogens with zero attached hydrogens (tertiary/aromatic N) is 2. The van der Waals surface area contributed by atoms with Gasteiger partial charge in [0, 0.05) is 47.8 Å². The summed E-state index contributed by atoms with van der Waals surface area (Å²) >= 11 is 1.70. The van der Waals surface area contributed by atoms with E-state index in [2.05, 4.69) is 22.2 Å². The highest BCUT2D eigenvalue weighted by Gasteiger charge is 2.26. The molecule has 1 aliphatic heterocycles. The van der Waals surface area contributed by atoms with Crippen LogP contribution in [0.5, 0.6) is 0 Å². The van der Waals surface area contributed by atoms with E-state index in [0.29, 0.717) is 5.78 Å². The minimum Gasteiger partial charge on any atom is -0.302 e. The lowest BCUT2D eigenvalue weighted by Gasteiger charge is -2.32. The molecular formula is C20H24N2OS. The zero-order chi connectivity index (χ0) is 16.8. The molecule has 0 amide bonds. The first kappa shape index (κ1) is 17.2. The SMILES string of the molecule is CSc1ccc(C(=O)C2CCCN(CCc3ccccn3)C2)cc1. The average Bonchev–Trinajstić information content (AvgIpc) is 2.67. The highest BCUT2D eigenvalue weighted by molar-refractivity contribution is 7.98. The smallest absolute Gasteiger partial charge is 0.167 e. The minimum absolute atomic E-state index is 0.127. The lowest BCUT2D eigenvalue weighted by atomic mass is 9.90. The molecule has 1 atom stereocenters. The van der Waals surface area contributed by atoms with E-state index in [1.54, 1.807) is 11.8 Å². The molecule has 0 spiro atoms. The zero-order valence-corrected chi connectivity index (χ0v) is 15.0. The van der Waals surface area contributed by atoms with E-state index in [1.807, 2.05) is 42.6 Å². The molecule has 3 nitrogen and oxygen atoms in total. The van der Waals surface area contributed by atoms with Crippen LogP contribution in [0.2, 0.25) is 0 Å². The van der Waals surface area contributed by atoms with Gasteiger partial charge < -0.3 is 4.90 Å². The second kappa shape index (κ2) is 8.45. The molecule has 0 aliphatic carbocycles. The molecule has 0 bridgehead atoms. The molecule has 1 unspecified atom stereocenters. The molecular weight excluding hydrogens is 316 g/mol. The predicted molar refractivity (Wildman–Crippen MR) is 99.7 cm³/mol. The summed E-state index contributed by atoms with van der Waals surface area (Å²) in [6.45, 7) is 2.93. The molecule has 1 aromatic heterocycles. The number of benzene rings is 1. The molecule has 0 radical (unpaired) electrons. The Morgan fingerprint density at radius 1 is 1.25 bits per heavy atom. The third kappa shape index (κ3) is 4.46. The number of Topliss-reactive ketones (excluding diaryl/α,β-unsaturated/α-hetero) is 1. The van der Waals surface area contributed by atoms with Crippen molar-refractivity contribution in [3.63, 3.8) is 0 Å². The van der Waals surface area contributed by atoms with Crippen molar-refractivity contribution in [2.75, 3.05) is 25.9 Å². The highest BCUT2D eigenvalue weighted by atomic mass is 32.2. The van der Waals surface area contributed by atoms with E-state index in [1.165, 1.54) is 4.90 Å². The molecule has 24 heavy (non-hydrogen) atoms. The van der Waals surface area contributed by atoms with Gasteiger partial charge in [-0.1, -0.05) is 18.2 Å². The Morgan fingerprint density at radius 3 is 2.79 bits per heavy atom. The van der Waals surface area contributed by atoms with Crippen LogP contribution in [-0.2, 0) is 6.42 Å². The van der Waals surface area contributed by atoms with Crippen LogP contribution in [0.3, 0.4) is 0 Å². The maximum atomic E-state index is 12.8. The van der Waals surface area contributed by atoms with E-state index in [0.717, 1.165) is 50.2 Å². The molecule has 3 rings (SSSR count). The third-order valence-electron chi connectivity index (χ3n) is 4.66. The van der Waals surface area contributed by atoms with Crippen LogP contribution in [0.15, 0.2) is 53.6 Å². The van der Waals surface area contributed by atoms with Gasteiger partial charge in [-0.15, -0.1) is 11.8 Å². The van der Waals surface area contributed by atoms with E-state index >= 15 is 0 Å². The zero-order valence-electron chi connectivity index (χ0n) is 14.1. The summed E-state index contributed by atoms with van der Waals surface area (Å²) in [5.41, 5.74) is 1.97. The molecule has 1 aliphatic rings. The fourth-order valence-electron chi connectivity index (χ4n) is 3.28. The number of carbonyl (C=O) groups excluding carboxylic acids is 1. The summed E-state index contributed by atoms with van der Waals surface area (Å²) in [6.07, 6.45) is 6.95. The molecule has 0 saturated carbocycles. The van der Waals surface area contributed by atoms with Gasteiger partial charge in [0.25, 0.3) is 0 Å². The Morgan fingerprint density at radius 2 is 2.08 bits per heavy atom. The van der Waals surface area contributed by atoms with E-state index in [9.17, 15) is 4.79 Å². The number of piperidine rings is 1. The fourth-order valence-corrected chi connectivity index (χ4v) is 3.69. The van der Waals surface area contributed by atoms with Gasteiger partial charge in [0.1, 0.15) is 0 Å². The number of ketones is 1. The Balaban J connectivity index is 1.57. The van der Waals surface area contributed by atoms with Crippen LogP contribution in [0.25, 0.3) is 0 Å². The average molecular weight is 340 g/mol. The normalized spacial score (nSPS) is 18.5. The first-order chi connectivity index (χ1) is 11.8. The fraction of sp³-hybridized carbons (Fsp3) is 0.400. The molecule has 4 heteroatoms. The number of thioether (sulfide) groups is 1. The first-order valence-corrected chi connectivity index (χ1v) is 9.79. The Kier molecular flexibility index (Phi) is 6.05. The maximum Gasteiger partial charge on any atom is 0.167 e. The van der Waals surface area contributed by atoms with E-state index in [4.69, 9.17) is 0 Å². The molecule has 126 valence electrons. The second-order valence-electron chi connectivity index (χ2n) is 6.30. The second-order valence-corrected chi connectivity index (χ2v) is 7.18. The number of hydrogen-bond donors (Lipinski definition) is 0. The number of hydrogen-bond acceptors (Lipinski definition) is 4. The molecule has 1 fully saturated rings. The number of rotatable bonds is 6. The van der Waals surface area contributed by atoms with Crippen LogP contribution in [0, 0.1) is 5.92 Å². The molecule has 1 saturated heterocycles. The van der Waals surface area contributed by atoms with Gasteiger partial charge in [0.2, 0.25) is 0 Å².